The van der Waals surface area contributed by atoms with Gasteiger partial charge in [-0.15, -0.1) is 0 Å². The Bertz CT molecular complexity index is 421. The van der Waals surface area contributed by atoms with Gasteiger partial charge in [-0.1, -0.05) is 12.8 Å². The van der Waals surface area contributed by atoms with Gasteiger partial charge in [0.05, 0.1) is 6.26 Å². The molecule has 2 fully saturated rings. The maximum Gasteiger partial charge on any atom is 0.211 e. The monoisotopic (exact) mass is 288 g/mol. The molecule has 7 heteroatoms. The summed E-state index contributed by atoms with van der Waals surface area (Å²) in [6.07, 6.45) is 6.16. The van der Waals surface area contributed by atoms with Gasteiger partial charge in [-0.3, -0.25) is 4.99 Å². The molecule has 0 unspecified atom stereocenters. The molecule has 0 aromatic carbocycles. The molecule has 2 N–H and O–H groups in total. The van der Waals surface area contributed by atoms with E-state index in [1.165, 1.54) is 36.2 Å². The highest BCUT2D eigenvalue weighted by molar-refractivity contribution is 7.88. The Morgan fingerprint density at radius 2 is 1.79 bits per heavy atom. The van der Waals surface area contributed by atoms with Crippen LogP contribution in [-0.4, -0.2) is 62.6 Å². The number of rotatable bonds is 3. The quantitative estimate of drug-likeness (QED) is 0.589. The third kappa shape index (κ3) is 4.07. The standard InChI is InChI=1S/C12H24N4O2S/c1-19(17,18)16-9-11(10-16)8-14-12(13)15-6-4-2-3-5-7-15/h11H,2-10H2,1H3,(H2,13,14). The van der Waals surface area contributed by atoms with Crippen LogP contribution in [0.4, 0.5) is 0 Å². The minimum atomic E-state index is -3.02. The van der Waals surface area contributed by atoms with Crippen LogP contribution in [0.5, 0.6) is 0 Å². The molecule has 2 heterocycles. The summed E-state index contributed by atoms with van der Waals surface area (Å²) in [5.41, 5.74) is 6.01. The predicted molar refractivity (Wildman–Crippen MR) is 76.4 cm³/mol. The second kappa shape index (κ2) is 6.09. The zero-order valence-electron chi connectivity index (χ0n) is 11.6. The van der Waals surface area contributed by atoms with Crippen molar-refractivity contribution in [1.29, 1.82) is 0 Å². The molecule has 6 nitrogen and oxygen atoms in total. The highest BCUT2D eigenvalue weighted by atomic mass is 32.2. The van der Waals surface area contributed by atoms with Crippen LogP contribution in [0, 0.1) is 5.92 Å². The van der Waals surface area contributed by atoms with E-state index in [0.29, 0.717) is 31.5 Å². The van der Waals surface area contributed by atoms with Crippen LogP contribution in [0.2, 0.25) is 0 Å². The molecule has 0 bridgehead atoms. The molecule has 0 radical (unpaired) electrons. The number of guanidine groups is 1. The summed E-state index contributed by atoms with van der Waals surface area (Å²) < 4.78 is 24.0. The fourth-order valence-corrected chi connectivity index (χ4v) is 3.49. The van der Waals surface area contributed by atoms with E-state index in [9.17, 15) is 8.42 Å². The second-order valence-electron chi connectivity index (χ2n) is 5.55. The van der Waals surface area contributed by atoms with Crippen LogP contribution < -0.4 is 5.73 Å². The maximum atomic E-state index is 11.2. The molecule has 0 aromatic rings. The Kier molecular flexibility index (Phi) is 4.67. The maximum absolute atomic E-state index is 11.2. The van der Waals surface area contributed by atoms with Crippen molar-refractivity contribution in [3.63, 3.8) is 0 Å². The number of hydrogen-bond donors (Lipinski definition) is 1. The molecule has 2 aliphatic rings. The van der Waals surface area contributed by atoms with Crippen molar-refractivity contribution in [3.05, 3.63) is 0 Å². The van der Waals surface area contributed by atoms with E-state index in [4.69, 9.17) is 5.73 Å². The summed E-state index contributed by atoms with van der Waals surface area (Å²) in [6.45, 7) is 3.78. The Morgan fingerprint density at radius 3 is 2.32 bits per heavy atom. The lowest BCUT2D eigenvalue weighted by molar-refractivity contribution is 0.208. The molecule has 0 aromatic heterocycles. The van der Waals surface area contributed by atoms with Gasteiger partial charge in [0.2, 0.25) is 10.0 Å². The summed E-state index contributed by atoms with van der Waals surface area (Å²) in [5, 5.41) is 0. The molecular formula is C12H24N4O2S. The summed E-state index contributed by atoms with van der Waals surface area (Å²) in [4.78, 5) is 6.58. The Hall–Kier alpha value is -0.820. The smallest absolute Gasteiger partial charge is 0.211 e. The fourth-order valence-electron chi connectivity index (χ4n) is 2.53. The first-order valence-corrected chi connectivity index (χ1v) is 8.81. The molecule has 2 saturated heterocycles. The molecule has 19 heavy (non-hydrogen) atoms. The molecule has 0 amide bonds. The van der Waals surface area contributed by atoms with Crippen LogP contribution in [0.1, 0.15) is 25.7 Å². The van der Waals surface area contributed by atoms with Crippen molar-refractivity contribution in [2.45, 2.75) is 25.7 Å². The van der Waals surface area contributed by atoms with Gasteiger partial charge in [0.1, 0.15) is 0 Å². The van der Waals surface area contributed by atoms with Crippen molar-refractivity contribution < 1.29 is 8.42 Å². The highest BCUT2D eigenvalue weighted by Crippen LogP contribution is 2.19. The molecule has 0 saturated carbocycles. The number of nitrogens with two attached hydrogens (primary N) is 1. The minimum Gasteiger partial charge on any atom is -0.370 e. The van der Waals surface area contributed by atoms with Crippen LogP contribution in [0.25, 0.3) is 0 Å². The number of sulfonamides is 1. The lowest BCUT2D eigenvalue weighted by atomic mass is 10.0. The number of aliphatic imine (C=N–C) groups is 1. The lowest BCUT2D eigenvalue weighted by Gasteiger charge is -2.36. The van der Waals surface area contributed by atoms with Crippen LogP contribution in [0.15, 0.2) is 4.99 Å². The molecular weight excluding hydrogens is 264 g/mol. The van der Waals surface area contributed by atoms with Crippen molar-refractivity contribution >= 4 is 16.0 Å². The van der Waals surface area contributed by atoms with Crippen molar-refractivity contribution in [2.24, 2.45) is 16.6 Å². The predicted octanol–water partition coefficient (Wildman–Crippen LogP) is 0.0685. The number of hydrogen-bond acceptors (Lipinski definition) is 3. The van der Waals surface area contributed by atoms with Crippen LogP contribution >= 0.6 is 0 Å². The zero-order valence-corrected chi connectivity index (χ0v) is 12.4. The topological polar surface area (TPSA) is 79.0 Å². The molecule has 2 rings (SSSR count). The van der Waals surface area contributed by atoms with E-state index < -0.39 is 10.0 Å². The zero-order chi connectivity index (χ0) is 13.9. The average molecular weight is 288 g/mol. The summed E-state index contributed by atoms with van der Waals surface area (Å²) in [7, 11) is -3.02. The molecule has 0 spiro atoms. The normalized spacial score (nSPS) is 24.1. The van der Waals surface area contributed by atoms with Crippen molar-refractivity contribution in [1.82, 2.24) is 9.21 Å². The Morgan fingerprint density at radius 1 is 1.21 bits per heavy atom. The van der Waals surface area contributed by atoms with Gasteiger partial charge in [0.25, 0.3) is 0 Å². The van der Waals surface area contributed by atoms with Gasteiger partial charge >= 0.3 is 0 Å². The van der Waals surface area contributed by atoms with Gasteiger partial charge < -0.3 is 10.6 Å². The van der Waals surface area contributed by atoms with Gasteiger partial charge in [0.15, 0.2) is 5.96 Å². The number of likely N-dealkylation sites (tertiary alicyclic amines) is 1. The third-order valence-electron chi connectivity index (χ3n) is 3.83. The molecule has 0 aliphatic carbocycles. The van der Waals surface area contributed by atoms with E-state index >= 15 is 0 Å². The molecule has 110 valence electrons. The summed E-state index contributed by atoms with van der Waals surface area (Å²) in [6, 6.07) is 0. The van der Waals surface area contributed by atoms with Crippen LogP contribution in [0.3, 0.4) is 0 Å². The molecule has 0 atom stereocenters. The Balaban J connectivity index is 1.76. The van der Waals surface area contributed by atoms with Crippen molar-refractivity contribution in [2.75, 3.05) is 39.0 Å². The minimum absolute atomic E-state index is 0.320. The van der Waals surface area contributed by atoms with Crippen molar-refractivity contribution in [3.8, 4) is 0 Å². The highest BCUT2D eigenvalue weighted by Gasteiger charge is 2.32. The summed E-state index contributed by atoms with van der Waals surface area (Å²) in [5.74, 6) is 0.944. The van der Waals surface area contributed by atoms with Gasteiger partial charge in [-0.25, -0.2) is 12.7 Å². The van der Waals surface area contributed by atoms with E-state index in [-0.39, 0.29) is 0 Å². The van der Waals surface area contributed by atoms with Gasteiger partial charge in [-0.05, 0) is 12.8 Å². The second-order valence-corrected chi connectivity index (χ2v) is 7.53. The third-order valence-corrected chi connectivity index (χ3v) is 5.07. The summed E-state index contributed by atoms with van der Waals surface area (Å²) >= 11 is 0. The van der Waals surface area contributed by atoms with E-state index in [1.54, 1.807) is 0 Å². The first-order valence-electron chi connectivity index (χ1n) is 6.97. The lowest BCUT2D eigenvalue weighted by Crippen LogP contribution is -2.51. The fraction of sp³-hybridized carbons (Fsp3) is 0.917. The Labute approximate surface area is 115 Å². The van der Waals surface area contributed by atoms with E-state index in [0.717, 1.165) is 13.1 Å². The largest absolute Gasteiger partial charge is 0.370 e. The SMILES string of the molecule is CS(=O)(=O)N1CC(CN=C(N)N2CCCCCC2)C1. The first-order chi connectivity index (χ1) is 8.97. The van der Waals surface area contributed by atoms with Gasteiger partial charge in [-0.2, -0.15) is 0 Å². The number of nitrogens with zero attached hydrogens (tertiary/aromatic N) is 3. The molecule has 2 aliphatic heterocycles. The van der Waals surface area contributed by atoms with Gasteiger partial charge in [0, 0.05) is 38.6 Å². The van der Waals surface area contributed by atoms with E-state index in [2.05, 4.69) is 9.89 Å². The van der Waals surface area contributed by atoms with Crippen LogP contribution in [-0.2, 0) is 10.0 Å². The average Bonchev–Trinajstić information content (AvgIpc) is 2.53. The van der Waals surface area contributed by atoms with E-state index in [1.807, 2.05) is 0 Å². The first kappa shape index (κ1) is 14.6.